The minimum atomic E-state index is -1.42. The second-order valence-electron chi connectivity index (χ2n) is 9.33. The third-order valence-electron chi connectivity index (χ3n) is 7.52. The van der Waals surface area contributed by atoms with E-state index in [2.05, 4.69) is 16.3 Å². The molecule has 1 aliphatic heterocycles. The van der Waals surface area contributed by atoms with E-state index in [9.17, 15) is 9.90 Å². The molecule has 3 atom stereocenters. The number of carbonyl (C=O) groups is 1. The van der Waals surface area contributed by atoms with Crippen molar-refractivity contribution in [3.8, 4) is 0 Å². The number of likely N-dealkylation sites (tertiary alicyclic amines) is 1. The lowest BCUT2D eigenvalue weighted by Crippen LogP contribution is -2.50. The number of nitrogens with two attached hydrogens (primary N) is 1. The van der Waals surface area contributed by atoms with Gasteiger partial charge in [0.25, 0.3) is 5.91 Å². The Labute approximate surface area is 178 Å². The Kier molecular flexibility index (Phi) is 5.03. The number of rotatable bonds is 6. The zero-order valence-electron chi connectivity index (χ0n) is 17.3. The number of nitrogens with one attached hydrogen (secondary N) is 1. The zero-order chi connectivity index (χ0) is 20.7. The number of nitrogens with zero attached hydrogens (tertiary/aromatic N) is 1. The summed E-state index contributed by atoms with van der Waals surface area (Å²) < 4.78 is 0. The van der Waals surface area contributed by atoms with Gasteiger partial charge in [0, 0.05) is 37.3 Å². The van der Waals surface area contributed by atoms with Gasteiger partial charge in [-0.15, -0.1) is 0 Å². The molecule has 3 fully saturated rings. The van der Waals surface area contributed by atoms with Gasteiger partial charge in [0.2, 0.25) is 0 Å². The number of anilines is 1. The topological polar surface area (TPSA) is 78.6 Å². The number of para-hydroxylation sites is 1. The molecule has 2 aromatic carbocycles. The molecule has 2 saturated carbocycles. The van der Waals surface area contributed by atoms with Crippen molar-refractivity contribution in [2.24, 2.45) is 17.8 Å². The first-order chi connectivity index (χ1) is 14.6. The molecule has 5 heteroatoms. The predicted octanol–water partition coefficient (Wildman–Crippen LogP) is 2.89. The molecular weight excluding hydrogens is 374 g/mol. The van der Waals surface area contributed by atoms with Crippen LogP contribution in [0.3, 0.4) is 0 Å². The quantitative estimate of drug-likeness (QED) is 0.646. The van der Waals surface area contributed by atoms with Crippen molar-refractivity contribution < 1.29 is 9.90 Å². The Balaban J connectivity index is 1.24. The van der Waals surface area contributed by atoms with Crippen molar-refractivity contribution in [2.45, 2.75) is 43.9 Å². The van der Waals surface area contributed by atoms with Crippen LogP contribution in [0.2, 0.25) is 0 Å². The molecule has 2 aromatic rings. The van der Waals surface area contributed by atoms with E-state index in [0.29, 0.717) is 11.8 Å². The highest BCUT2D eigenvalue weighted by atomic mass is 16.3. The number of nitrogen functional groups attached to an aromatic ring is 1. The largest absolute Gasteiger partial charge is 0.398 e. The van der Waals surface area contributed by atoms with Gasteiger partial charge in [-0.05, 0) is 41.9 Å². The van der Waals surface area contributed by atoms with Crippen LogP contribution in [0.5, 0.6) is 0 Å². The van der Waals surface area contributed by atoms with Gasteiger partial charge in [0.1, 0.15) is 0 Å². The summed E-state index contributed by atoms with van der Waals surface area (Å²) in [5, 5.41) is 14.9. The van der Waals surface area contributed by atoms with E-state index in [1.54, 1.807) is 0 Å². The molecule has 1 saturated heterocycles. The third-order valence-corrected chi connectivity index (χ3v) is 7.52. The van der Waals surface area contributed by atoms with Crippen LogP contribution in [0.4, 0.5) is 5.69 Å². The molecule has 0 radical (unpaired) electrons. The van der Waals surface area contributed by atoms with Crippen LogP contribution >= 0.6 is 0 Å². The van der Waals surface area contributed by atoms with Crippen molar-refractivity contribution in [2.75, 3.05) is 18.8 Å². The Hall–Kier alpha value is -2.37. The Bertz CT molecular complexity index is 900. The second-order valence-corrected chi connectivity index (χ2v) is 9.33. The van der Waals surface area contributed by atoms with Crippen molar-refractivity contribution in [1.29, 1.82) is 0 Å². The van der Waals surface area contributed by atoms with E-state index in [1.807, 2.05) is 48.5 Å². The summed E-state index contributed by atoms with van der Waals surface area (Å²) in [6.07, 6.45) is 3.98. The number of carbonyl (C=O) groups excluding carboxylic acids is 1. The first-order valence-corrected chi connectivity index (χ1v) is 11.2. The van der Waals surface area contributed by atoms with Gasteiger partial charge in [-0.25, -0.2) is 0 Å². The summed E-state index contributed by atoms with van der Waals surface area (Å²) in [4.78, 5) is 15.8. The molecule has 158 valence electrons. The molecular formula is C25H31N3O2. The molecule has 3 unspecified atom stereocenters. The summed E-state index contributed by atoms with van der Waals surface area (Å²) >= 11 is 0. The minimum absolute atomic E-state index is 0.00366. The van der Waals surface area contributed by atoms with Crippen LogP contribution in [0.1, 0.15) is 36.8 Å². The van der Waals surface area contributed by atoms with Crippen molar-refractivity contribution in [3.05, 3.63) is 65.7 Å². The van der Waals surface area contributed by atoms with E-state index < -0.39 is 5.60 Å². The molecule has 4 N–H and O–H groups in total. The first-order valence-electron chi connectivity index (χ1n) is 11.2. The number of amides is 1. The van der Waals surface area contributed by atoms with E-state index in [4.69, 9.17) is 5.73 Å². The van der Waals surface area contributed by atoms with Gasteiger partial charge in [-0.1, -0.05) is 61.4 Å². The molecule has 30 heavy (non-hydrogen) atoms. The summed E-state index contributed by atoms with van der Waals surface area (Å²) in [7, 11) is 0. The summed E-state index contributed by atoms with van der Waals surface area (Å²) in [6.45, 7) is 2.80. The van der Waals surface area contributed by atoms with Crippen molar-refractivity contribution >= 4 is 11.6 Å². The van der Waals surface area contributed by atoms with Crippen LogP contribution in [0, 0.1) is 17.8 Å². The fraction of sp³-hybridized carbons (Fsp3) is 0.480. The van der Waals surface area contributed by atoms with E-state index in [0.717, 1.165) is 56.6 Å². The number of benzene rings is 2. The van der Waals surface area contributed by atoms with Gasteiger partial charge in [-0.2, -0.15) is 0 Å². The SMILES string of the molecule is Nc1ccccc1CN1CC2C(C1)C2NC(=O)C(O)(c1ccccc1)C1CCCC1. The summed E-state index contributed by atoms with van der Waals surface area (Å²) in [5.41, 5.74) is 7.39. The fourth-order valence-corrected chi connectivity index (χ4v) is 5.73. The standard InChI is InChI=1S/C25H31N3O2/c26-22-13-7-4-8-17(22)14-28-15-20-21(16-28)23(20)27-24(29)25(30,19-11-5-6-12-19)18-9-2-1-3-10-18/h1-4,7-10,13,19-21,23,30H,5-6,11-12,14-16,26H2,(H,27,29). The van der Waals surface area contributed by atoms with Gasteiger partial charge in [-0.3, -0.25) is 9.69 Å². The highest BCUT2D eigenvalue weighted by Crippen LogP contribution is 2.47. The van der Waals surface area contributed by atoms with Crippen LogP contribution in [-0.4, -0.2) is 35.0 Å². The number of aliphatic hydroxyl groups is 1. The lowest BCUT2D eigenvalue weighted by Gasteiger charge is -2.33. The maximum absolute atomic E-state index is 13.4. The molecule has 3 aliphatic rings. The van der Waals surface area contributed by atoms with E-state index >= 15 is 0 Å². The van der Waals surface area contributed by atoms with Crippen LogP contribution in [0.25, 0.3) is 0 Å². The average molecular weight is 406 g/mol. The molecule has 0 bridgehead atoms. The number of hydrogen-bond donors (Lipinski definition) is 3. The summed E-state index contributed by atoms with van der Waals surface area (Å²) in [5.74, 6) is 0.736. The molecule has 0 aromatic heterocycles. The molecule has 5 rings (SSSR count). The second kappa shape index (κ2) is 7.71. The Morgan fingerprint density at radius 3 is 2.33 bits per heavy atom. The Morgan fingerprint density at radius 1 is 1.03 bits per heavy atom. The normalized spacial score (nSPS) is 28.1. The van der Waals surface area contributed by atoms with E-state index in [-0.39, 0.29) is 17.9 Å². The highest BCUT2D eigenvalue weighted by Gasteiger charge is 2.58. The molecule has 1 amide bonds. The monoisotopic (exact) mass is 405 g/mol. The predicted molar refractivity (Wildman–Crippen MR) is 117 cm³/mol. The first kappa shape index (κ1) is 19.6. The molecule has 1 heterocycles. The maximum Gasteiger partial charge on any atom is 0.257 e. The summed E-state index contributed by atoms with van der Waals surface area (Å²) in [6, 6.07) is 17.7. The van der Waals surface area contributed by atoms with Crippen LogP contribution in [0.15, 0.2) is 54.6 Å². The zero-order valence-corrected chi connectivity index (χ0v) is 17.3. The molecule has 2 aliphatic carbocycles. The Morgan fingerprint density at radius 2 is 1.67 bits per heavy atom. The van der Waals surface area contributed by atoms with Gasteiger partial charge in [0.15, 0.2) is 5.60 Å². The fourth-order valence-electron chi connectivity index (χ4n) is 5.73. The van der Waals surface area contributed by atoms with Crippen LogP contribution in [-0.2, 0) is 16.9 Å². The lowest BCUT2D eigenvalue weighted by atomic mass is 9.79. The highest BCUT2D eigenvalue weighted by molar-refractivity contribution is 5.87. The lowest BCUT2D eigenvalue weighted by molar-refractivity contribution is -0.147. The van der Waals surface area contributed by atoms with Gasteiger partial charge >= 0.3 is 0 Å². The third kappa shape index (κ3) is 3.40. The van der Waals surface area contributed by atoms with Gasteiger partial charge < -0.3 is 16.2 Å². The number of piperidine rings is 1. The smallest absolute Gasteiger partial charge is 0.257 e. The minimum Gasteiger partial charge on any atom is -0.398 e. The number of hydrogen-bond acceptors (Lipinski definition) is 4. The van der Waals surface area contributed by atoms with Crippen molar-refractivity contribution in [3.63, 3.8) is 0 Å². The van der Waals surface area contributed by atoms with Crippen molar-refractivity contribution in [1.82, 2.24) is 10.2 Å². The maximum atomic E-state index is 13.4. The number of fused-ring (bicyclic) bond motifs is 1. The average Bonchev–Trinajstić information content (AvgIpc) is 3.18. The van der Waals surface area contributed by atoms with Gasteiger partial charge in [0.05, 0.1) is 0 Å². The molecule has 0 spiro atoms. The van der Waals surface area contributed by atoms with Crippen LogP contribution < -0.4 is 11.1 Å². The molecule has 5 nitrogen and oxygen atoms in total. The van der Waals surface area contributed by atoms with E-state index in [1.165, 1.54) is 5.56 Å².